The molecule has 4 aromatic heterocycles. The third-order valence-electron chi connectivity index (χ3n) is 7.28. The van der Waals surface area contributed by atoms with Crippen molar-refractivity contribution in [3.8, 4) is 11.4 Å². The summed E-state index contributed by atoms with van der Waals surface area (Å²) in [4.78, 5) is 41.4. The number of aryl methyl sites for hydroxylation is 1. The Labute approximate surface area is 221 Å². The molecule has 38 heavy (non-hydrogen) atoms. The highest BCUT2D eigenvalue weighted by Gasteiger charge is 2.33. The lowest BCUT2D eigenvalue weighted by Crippen LogP contribution is -2.29. The summed E-state index contributed by atoms with van der Waals surface area (Å²) in [7, 11) is -2.84. The van der Waals surface area contributed by atoms with Gasteiger partial charge < -0.3 is 5.32 Å². The molecule has 11 nitrogen and oxygen atoms in total. The highest BCUT2D eigenvalue weighted by atomic mass is 32.3. The van der Waals surface area contributed by atoms with E-state index in [0.717, 1.165) is 42.6 Å². The van der Waals surface area contributed by atoms with Gasteiger partial charge in [0.15, 0.2) is 17.3 Å². The van der Waals surface area contributed by atoms with E-state index in [9.17, 15) is 13.9 Å². The number of anilines is 1. The Hall–Kier alpha value is -3.48. The monoisotopic (exact) mass is 534 g/mol. The molecule has 2 aliphatic carbocycles. The lowest BCUT2D eigenvalue weighted by atomic mass is 10.1. The molecule has 0 aliphatic heterocycles. The molecular weight excluding hydrogens is 504 g/mol. The lowest BCUT2D eigenvalue weighted by molar-refractivity contribution is 0.482. The van der Waals surface area contributed by atoms with Crippen molar-refractivity contribution in [2.45, 2.75) is 62.9 Å². The average Bonchev–Trinajstić information content (AvgIpc) is 3.80. The van der Waals surface area contributed by atoms with Crippen molar-refractivity contribution in [2.75, 3.05) is 11.6 Å². The van der Waals surface area contributed by atoms with Crippen LogP contribution in [0.4, 0.5) is 5.82 Å². The first-order valence-electron chi connectivity index (χ1n) is 12.7. The number of nitrogens with zero attached hydrogens (tertiary/aromatic N) is 7. The maximum atomic E-state index is 13.7. The topological polar surface area (TPSA) is 152 Å². The molecule has 198 valence electrons. The molecule has 4 heterocycles. The van der Waals surface area contributed by atoms with Gasteiger partial charge in [-0.1, -0.05) is 0 Å². The van der Waals surface area contributed by atoms with E-state index in [0.29, 0.717) is 39.4 Å². The van der Waals surface area contributed by atoms with E-state index in [1.807, 2.05) is 6.92 Å². The van der Waals surface area contributed by atoms with E-state index < -0.39 is 10.6 Å². The second-order valence-corrected chi connectivity index (χ2v) is 12.4. The number of nitrogens with one attached hydrogen (secondary N) is 1. The summed E-state index contributed by atoms with van der Waals surface area (Å²) in [5.74, 6) is 1.53. The molecule has 0 spiro atoms. The minimum atomic E-state index is -2.84. The Kier molecular flexibility index (Phi) is 6.12. The van der Waals surface area contributed by atoms with Gasteiger partial charge in [-0.2, -0.15) is 10.6 Å². The lowest BCUT2D eigenvalue weighted by Gasteiger charge is -2.26. The summed E-state index contributed by atoms with van der Waals surface area (Å²) in [6.45, 7) is 4.24. The fourth-order valence-corrected chi connectivity index (χ4v) is 5.34. The largest absolute Gasteiger partial charge is 0.360 e. The van der Waals surface area contributed by atoms with Crippen molar-refractivity contribution >= 4 is 27.6 Å². The number of rotatable bonds is 8. The predicted octanol–water partition coefficient (Wildman–Crippen LogP) is 4.55. The summed E-state index contributed by atoms with van der Waals surface area (Å²) < 4.78 is 21.4. The van der Waals surface area contributed by atoms with Crippen LogP contribution in [0, 0.1) is 12.8 Å². The zero-order valence-electron chi connectivity index (χ0n) is 21.5. The SMILES string of the molecule is Cc1ncnc(C2CC2)c1-c1ncc2nc(NCc3ccc(S(C)(O)O)cn3)c(=O)n([C@@H](C)C3CC3)c2n1. The number of hydrogen-bond donors (Lipinski definition) is 3. The van der Waals surface area contributed by atoms with Gasteiger partial charge in [-0.05, 0) is 57.6 Å². The Morgan fingerprint density at radius 3 is 2.53 bits per heavy atom. The fraction of sp³-hybridized carbons (Fsp3) is 0.423. The number of aromatic nitrogens is 7. The summed E-state index contributed by atoms with van der Waals surface area (Å²) in [6, 6.07) is 3.28. The van der Waals surface area contributed by atoms with E-state index in [1.54, 1.807) is 29.2 Å². The van der Waals surface area contributed by atoms with Crippen LogP contribution in [0.2, 0.25) is 0 Å². The highest BCUT2D eigenvalue weighted by Crippen LogP contribution is 2.44. The van der Waals surface area contributed by atoms with Gasteiger partial charge in [0.05, 0.1) is 46.5 Å². The third-order valence-corrected chi connectivity index (χ3v) is 8.41. The summed E-state index contributed by atoms with van der Waals surface area (Å²) in [5, 5.41) is 3.12. The van der Waals surface area contributed by atoms with Gasteiger partial charge >= 0.3 is 0 Å². The van der Waals surface area contributed by atoms with E-state index in [-0.39, 0.29) is 24.0 Å². The molecule has 0 bridgehead atoms. The molecule has 4 aromatic rings. The van der Waals surface area contributed by atoms with Crippen molar-refractivity contribution in [3.63, 3.8) is 0 Å². The zero-order valence-corrected chi connectivity index (χ0v) is 22.3. The van der Waals surface area contributed by atoms with Crippen LogP contribution in [-0.4, -0.2) is 49.8 Å². The minimum absolute atomic E-state index is 0.0421. The maximum Gasteiger partial charge on any atom is 0.295 e. The predicted molar refractivity (Wildman–Crippen MR) is 145 cm³/mol. The molecule has 0 radical (unpaired) electrons. The maximum absolute atomic E-state index is 13.7. The zero-order chi connectivity index (χ0) is 26.6. The molecule has 12 heteroatoms. The first kappa shape index (κ1) is 24.8. The first-order chi connectivity index (χ1) is 18.2. The third kappa shape index (κ3) is 4.74. The first-order valence-corrected chi connectivity index (χ1v) is 14.7. The second-order valence-electron chi connectivity index (χ2n) is 10.3. The molecule has 2 saturated carbocycles. The summed E-state index contributed by atoms with van der Waals surface area (Å²) >= 11 is 0. The van der Waals surface area contributed by atoms with Crippen LogP contribution in [0.15, 0.2) is 40.5 Å². The van der Waals surface area contributed by atoms with Crippen LogP contribution in [-0.2, 0) is 6.54 Å². The van der Waals surface area contributed by atoms with Gasteiger partial charge in [-0.25, -0.2) is 24.9 Å². The van der Waals surface area contributed by atoms with Gasteiger partial charge in [0.1, 0.15) is 11.8 Å². The van der Waals surface area contributed by atoms with Crippen LogP contribution < -0.4 is 10.9 Å². The smallest absolute Gasteiger partial charge is 0.295 e. The Morgan fingerprint density at radius 1 is 1.08 bits per heavy atom. The van der Waals surface area contributed by atoms with Gasteiger partial charge in [0.25, 0.3) is 5.56 Å². The molecule has 2 fully saturated rings. The quantitative estimate of drug-likeness (QED) is 0.294. The van der Waals surface area contributed by atoms with Crippen LogP contribution in [0.25, 0.3) is 22.6 Å². The van der Waals surface area contributed by atoms with Crippen LogP contribution in [0.3, 0.4) is 0 Å². The highest BCUT2D eigenvalue weighted by molar-refractivity contribution is 8.23. The molecule has 0 aromatic carbocycles. The normalized spacial score (nSPS) is 17.0. The summed E-state index contributed by atoms with van der Waals surface area (Å²) in [5.41, 5.74) is 4.05. The van der Waals surface area contributed by atoms with Crippen molar-refractivity contribution in [3.05, 3.63) is 58.3 Å². The number of hydrogen-bond acceptors (Lipinski definition) is 10. The Morgan fingerprint density at radius 2 is 1.87 bits per heavy atom. The van der Waals surface area contributed by atoms with Crippen LogP contribution in [0.5, 0.6) is 0 Å². The van der Waals surface area contributed by atoms with E-state index in [4.69, 9.17) is 4.98 Å². The van der Waals surface area contributed by atoms with Crippen LogP contribution >= 0.6 is 10.6 Å². The van der Waals surface area contributed by atoms with Crippen molar-refractivity contribution < 1.29 is 9.11 Å². The van der Waals surface area contributed by atoms with Crippen molar-refractivity contribution in [1.82, 2.24) is 34.5 Å². The van der Waals surface area contributed by atoms with Gasteiger partial charge in [0, 0.05) is 18.2 Å². The molecule has 1 atom stereocenters. The molecule has 0 unspecified atom stereocenters. The molecule has 3 N–H and O–H groups in total. The Bertz CT molecular complexity index is 1580. The molecule has 0 saturated heterocycles. The molecule has 2 aliphatic rings. The second kappa shape index (κ2) is 9.37. The molecular formula is C26H30N8O3S. The van der Waals surface area contributed by atoms with Gasteiger partial charge in [0.2, 0.25) is 0 Å². The number of fused-ring (bicyclic) bond motifs is 1. The minimum Gasteiger partial charge on any atom is -0.360 e. The van der Waals surface area contributed by atoms with E-state index >= 15 is 0 Å². The van der Waals surface area contributed by atoms with Crippen molar-refractivity contribution in [1.29, 1.82) is 0 Å². The van der Waals surface area contributed by atoms with Gasteiger partial charge in [-0.15, -0.1) is 0 Å². The summed E-state index contributed by atoms with van der Waals surface area (Å²) in [6.07, 6.45) is 10.4. The molecule has 6 rings (SSSR count). The standard InChI is InChI=1S/C26H30N8O3S/c1-14-21(22(17-6-7-17)31-13-30-14)23-29-12-20-25(33-23)34(15(2)16-4-5-16)26(35)24(32-20)28-10-18-8-9-19(11-27-18)38(3,36)37/h8-9,11-13,15-17,36-37H,4-7,10H2,1-3H3,(H,28,32)/t15-/m0/s1. The average molecular weight is 535 g/mol. The van der Waals surface area contributed by atoms with Gasteiger partial charge in [-0.3, -0.25) is 23.5 Å². The Balaban J connectivity index is 1.39. The van der Waals surface area contributed by atoms with Crippen LogP contribution in [0.1, 0.15) is 61.6 Å². The number of pyridine rings is 1. The fourth-order valence-electron chi connectivity index (χ4n) is 4.76. The van der Waals surface area contributed by atoms with E-state index in [2.05, 4.69) is 37.2 Å². The van der Waals surface area contributed by atoms with Crippen molar-refractivity contribution in [2.24, 2.45) is 5.92 Å². The molecule has 0 amide bonds. The van der Waals surface area contributed by atoms with E-state index in [1.165, 1.54) is 12.5 Å².